The number of anilines is 1. The average molecular weight is 563 g/mol. The Morgan fingerprint density at radius 2 is 1.90 bits per heavy atom. The van der Waals surface area contributed by atoms with Crippen LogP contribution in [0.25, 0.3) is 16.6 Å². The van der Waals surface area contributed by atoms with E-state index in [2.05, 4.69) is 21.1 Å². The van der Waals surface area contributed by atoms with Crippen molar-refractivity contribution in [1.82, 2.24) is 19.5 Å². The van der Waals surface area contributed by atoms with Gasteiger partial charge in [-0.2, -0.15) is 23.5 Å². The third-order valence-corrected chi connectivity index (χ3v) is 6.06. The quantitative estimate of drug-likeness (QED) is 0.414. The number of ether oxygens (including phenoxy) is 1. The lowest BCUT2D eigenvalue weighted by Gasteiger charge is -2.36. The highest BCUT2D eigenvalue weighted by Gasteiger charge is 2.28. The van der Waals surface area contributed by atoms with E-state index in [1.165, 1.54) is 6.20 Å². The SMILES string of the molecule is CC(C)[C@H](O)C(=O)N1CCN(c2ccc(-c3cc(OCCO)cn4ncc(C#N)c34)cn2)CC1.O=CC(F)(F)F. The molecule has 0 aromatic carbocycles. The normalized spacial score (nSPS) is 14.4. The third kappa shape index (κ3) is 7.45. The molecule has 1 saturated heterocycles. The van der Waals surface area contributed by atoms with E-state index >= 15 is 0 Å². The Kier molecular flexibility index (Phi) is 10.0. The van der Waals surface area contributed by atoms with Gasteiger partial charge in [0.25, 0.3) is 5.91 Å². The lowest BCUT2D eigenvalue weighted by molar-refractivity contribution is -0.156. The number of hydrogen-bond donors (Lipinski definition) is 2. The molecule has 1 amide bonds. The zero-order valence-corrected chi connectivity index (χ0v) is 21.9. The number of pyridine rings is 2. The van der Waals surface area contributed by atoms with Crippen molar-refractivity contribution in [3.63, 3.8) is 0 Å². The number of carbonyl (C=O) groups is 2. The number of aromatic nitrogens is 3. The van der Waals surface area contributed by atoms with Crippen molar-refractivity contribution < 1.29 is 37.7 Å². The molecule has 11 nitrogen and oxygen atoms in total. The van der Waals surface area contributed by atoms with Gasteiger partial charge in [0.2, 0.25) is 6.29 Å². The number of amides is 1. The van der Waals surface area contributed by atoms with Crippen molar-refractivity contribution in [2.45, 2.75) is 26.1 Å². The fourth-order valence-electron chi connectivity index (χ4n) is 4.00. The van der Waals surface area contributed by atoms with Crippen LogP contribution in [0.5, 0.6) is 5.75 Å². The summed E-state index contributed by atoms with van der Waals surface area (Å²) in [5, 5.41) is 32.9. The first-order valence-corrected chi connectivity index (χ1v) is 12.4. The van der Waals surface area contributed by atoms with E-state index in [1.54, 1.807) is 21.8 Å². The van der Waals surface area contributed by atoms with Crippen LogP contribution in [0.1, 0.15) is 19.4 Å². The molecule has 3 aromatic heterocycles. The van der Waals surface area contributed by atoms with E-state index in [1.807, 2.05) is 32.0 Å². The van der Waals surface area contributed by atoms with E-state index in [-0.39, 0.29) is 25.0 Å². The molecular formula is C26H29F3N6O5. The largest absolute Gasteiger partial charge is 0.490 e. The zero-order valence-electron chi connectivity index (χ0n) is 21.9. The molecule has 0 aliphatic carbocycles. The molecule has 4 rings (SSSR count). The molecule has 0 unspecified atom stereocenters. The topological polar surface area (TPSA) is 144 Å². The first-order valence-electron chi connectivity index (χ1n) is 12.4. The molecule has 1 atom stereocenters. The summed E-state index contributed by atoms with van der Waals surface area (Å²) < 4.78 is 38.4. The van der Waals surface area contributed by atoms with E-state index < -0.39 is 18.6 Å². The van der Waals surface area contributed by atoms with Crippen molar-refractivity contribution >= 4 is 23.5 Å². The van der Waals surface area contributed by atoms with Gasteiger partial charge >= 0.3 is 6.18 Å². The van der Waals surface area contributed by atoms with Crippen molar-refractivity contribution in [2.24, 2.45) is 5.92 Å². The van der Waals surface area contributed by atoms with E-state index in [9.17, 15) is 28.3 Å². The predicted molar refractivity (Wildman–Crippen MR) is 137 cm³/mol. The fraction of sp³-hybridized carbons (Fsp3) is 0.423. The van der Waals surface area contributed by atoms with Gasteiger partial charge in [-0.15, -0.1) is 0 Å². The molecule has 214 valence electrons. The van der Waals surface area contributed by atoms with Gasteiger partial charge in [0, 0.05) is 43.5 Å². The lowest BCUT2D eigenvalue weighted by atomic mass is 10.0. The monoisotopic (exact) mass is 562 g/mol. The second-order valence-electron chi connectivity index (χ2n) is 9.19. The molecule has 0 bridgehead atoms. The van der Waals surface area contributed by atoms with Crippen molar-refractivity contribution in [1.29, 1.82) is 5.26 Å². The van der Waals surface area contributed by atoms with Gasteiger partial charge in [-0.3, -0.25) is 9.59 Å². The van der Waals surface area contributed by atoms with E-state index in [0.717, 1.165) is 16.9 Å². The highest BCUT2D eigenvalue weighted by atomic mass is 19.4. The first-order chi connectivity index (χ1) is 19.0. The standard InChI is InChI=1S/C24H28N6O4.C2HF3O/c1-16(2)23(32)24(33)29-7-5-28(6-8-29)21-4-3-17(13-26-21)20-11-19(34-10-9-31)15-30-22(20)18(12-25)14-27-30;3-2(4,5)1-6/h3-4,11,13-16,23,31-32H,5-10H2,1-2H3;1H/t23-;/m0./s1. The second kappa shape index (κ2) is 13.2. The fourth-order valence-corrected chi connectivity index (χ4v) is 4.00. The summed E-state index contributed by atoms with van der Waals surface area (Å²) >= 11 is 0. The Balaban J connectivity index is 0.000000663. The highest BCUT2D eigenvalue weighted by Crippen LogP contribution is 2.31. The maximum absolute atomic E-state index is 12.4. The van der Waals surface area contributed by atoms with Crippen LogP contribution in [0.2, 0.25) is 0 Å². The molecule has 0 saturated carbocycles. The summed E-state index contributed by atoms with van der Waals surface area (Å²) in [5.41, 5.74) is 2.65. The van der Waals surface area contributed by atoms with Gasteiger partial charge in [-0.1, -0.05) is 13.8 Å². The van der Waals surface area contributed by atoms with Crippen LogP contribution in [0.4, 0.5) is 19.0 Å². The van der Waals surface area contributed by atoms with Gasteiger partial charge in [0.15, 0.2) is 0 Å². The Labute approximate surface area is 228 Å². The Hall–Kier alpha value is -4.22. The van der Waals surface area contributed by atoms with Crippen LogP contribution in [-0.2, 0) is 9.59 Å². The van der Waals surface area contributed by atoms with Crippen LogP contribution in [0.3, 0.4) is 0 Å². The van der Waals surface area contributed by atoms with Crippen molar-refractivity contribution in [2.75, 3.05) is 44.3 Å². The average Bonchev–Trinajstić information content (AvgIpc) is 3.38. The zero-order chi connectivity index (χ0) is 29.4. The Morgan fingerprint density at radius 1 is 1.23 bits per heavy atom. The lowest BCUT2D eigenvalue weighted by Crippen LogP contribution is -2.52. The molecule has 14 heteroatoms. The number of nitrogens with zero attached hydrogens (tertiary/aromatic N) is 6. The Bertz CT molecular complexity index is 1350. The Morgan fingerprint density at radius 3 is 2.42 bits per heavy atom. The van der Waals surface area contributed by atoms with Gasteiger partial charge in [0.1, 0.15) is 30.3 Å². The molecule has 1 fully saturated rings. The predicted octanol–water partition coefficient (Wildman–Crippen LogP) is 2.05. The molecule has 3 aromatic rings. The number of rotatable bonds is 7. The van der Waals surface area contributed by atoms with Gasteiger partial charge < -0.3 is 24.7 Å². The minimum atomic E-state index is -4.64. The molecule has 0 radical (unpaired) electrons. The van der Waals surface area contributed by atoms with Crippen LogP contribution < -0.4 is 9.64 Å². The maximum atomic E-state index is 12.4. The number of aliphatic hydroxyl groups excluding tert-OH is 2. The van der Waals surface area contributed by atoms with Gasteiger partial charge in [-0.05, 0) is 24.1 Å². The number of halogens is 3. The number of aldehydes is 1. The van der Waals surface area contributed by atoms with Gasteiger partial charge in [-0.25, -0.2) is 9.50 Å². The minimum absolute atomic E-state index is 0.110. The number of hydrogen-bond acceptors (Lipinski definition) is 9. The molecule has 1 aliphatic rings. The van der Waals surface area contributed by atoms with Crippen molar-refractivity contribution in [3.8, 4) is 22.9 Å². The van der Waals surface area contributed by atoms with Crippen molar-refractivity contribution in [3.05, 3.63) is 42.4 Å². The molecule has 4 heterocycles. The first kappa shape index (κ1) is 30.3. The van der Waals surface area contributed by atoms with Crippen LogP contribution in [0, 0.1) is 17.2 Å². The molecular weight excluding hydrogens is 533 g/mol. The maximum Gasteiger partial charge on any atom is 0.446 e. The summed E-state index contributed by atoms with van der Waals surface area (Å²) in [5.74, 6) is 0.978. The number of nitriles is 1. The van der Waals surface area contributed by atoms with E-state index in [0.29, 0.717) is 43.0 Å². The van der Waals surface area contributed by atoms with Crippen LogP contribution >= 0.6 is 0 Å². The summed E-state index contributed by atoms with van der Waals surface area (Å²) in [6.07, 6.45) is -1.75. The number of fused-ring (bicyclic) bond motifs is 1. The summed E-state index contributed by atoms with van der Waals surface area (Å²) in [4.78, 5) is 29.5. The molecule has 2 N–H and O–H groups in total. The smallest absolute Gasteiger partial charge is 0.446 e. The summed E-state index contributed by atoms with van der Waals surface area (Å²) in [7, 11) is 0. The number of carbonyl (C=O) groups excluding carboxylic acids is 2. The third-order valence-electron chi connectivity index (χ3n) is 6.06. The number of aliphatic hydroxyl groups is 2. The van der Waals surface area contributed by atoms with E-state index in [4.69, 9.17) is 14.6 Å². The molecule has 0 spiro atoms. The second-order valence-corrected chi connectivity index (χ2v) is 9.19. The minimum Gasteiger partial charge on any atom is -0.490 e. The number of piperazine rings is 1. The van der Waals surface area contributed by atoms with Crippen LogP contribution in [-0.4, -0.2) is 93.6 Å². The summed E-state index contributed by atoms with van der Waals surface area (Å²) in [6.45, 7) is 6.00. The highest BCUT2D eigenvalue weighted by molar-refractivity contribution is 5.85. The molecule has 1 aliphatic heterocycles. The molecule has 40 heavy (non-hydrogen) atoms. The van der Waals surface area contributed by atoms with Crippen LogP contribution in [0.15, 0.2) is 36.8 Å². The number of alkyl halides is 3. The summed E-state index contributed by atoms with van der Waals surface area (Å²) in [6, 6.07) is 7.83. The van der Waals surface area contributed by atoms with Gasteiger partial charge in [0.05, 0.1) is 30.1 Å².